The molecular formula is C17H23BrIN5. The average Bonchev–Trinajstić information content (AvgIpc) is 3.19. The van der Waals surface area contributed by atoms with Gasteiger partial charge in [0.2, 0.25) is 0 Å². The largest absolute Gasteiger partial charge is 0.352 e. The van der Waals surface area contributed by atoms with E-state index in [0.717, 1.165) is 36.5 Å². The number of rotatable bonds is 3. The van der Waals surface area contributed by atoms with Gasteiger partial charge in [-0.2, -0.15) is 5.10 Å². The van der Waals surface area contributed by atoms with Crippen molar-refractivity contribution < 1.29 is 0 Å². The summed E-state index contributed by atoms with van der Waals surface area (Å²) in [5, 5.41) is 7.75. The molecule has 0 saturated carbocycles. The van der Waals surface area contributed by atoms with Crippen LogP contribution in [0.15, 0.2) is 46.1 Å². The van der Waals surface area contributed by atoms with Gasteiger partial charge in [-0.05, 0) is 29.7 Å². The lowest BCUT2D eigenvalue weighted by molar-refractivity contribution is 0.486. The van der Waals surface area contributed by atoms with Gasteiger partial charge in [0.1, 0.15) is 0 Å². The molecule has 1 saturated heterocycles. The lowest BCUT2D eigenvalue weighted by atomic mass is 10.0. The van der Waals surface area contributed by atoms with Gasteiger partial charge in [0, 0.05) is 50.3 Å². The van der Waals surface area contributed by atoms with Crippen molar-refractivity contribution in [3.05, 3.63) is 52.3 Å². The molecule has 0 bridgehead atoms. The van der Waals surface area contributed by atoms with Gasteiger partial charge in [0.05, 0.1) is 6.20 Å². The number of hydrogen-bond donors (Lipinski definition) is 1. The summed E-state index contributed by atoms with van der Waals surface area (Å²) in [4.78, 5) is 6.77. The zero-order chi connectivity index (χ0) is 16.2. The zero-order valence-corrected chi connectivity index (χ0v) is 17.9. The molecule has 1 aliphatic heterocycles. The summed E-state index contributed by atoms with van der Waals surface area (Å²) in [6, 6.07) is 8.36. The third-order valence-corrected chi connectivity index (χ3v) is 4.79. The molecule has 1 aliphatic rings. The van der Waals surface area contributed by atoms with Crippen LogP contribution in [0.3, 0.4) is 0 Å². The normalized spacial score (nSPS) is 17.7. The van der Waals surface area contributed by atoms with Crippen molar-refractivity contribution in [2.24, 2.45) is 12.0 Å². The smallest absolute Gasteiger partial charge is 0.193 e. The zero-order valence-electron chi connectivity index (χ0n) is 13.9. The average molecular weight is 504 g/mol. The third-order valence-electron chi connectivity index (χ3n) is 4.26. The molecule has 1 aromatic carbocycles. The minimum Gasteiger partial charge on any atom is -0.352 e. The van der Waals surface area contributed by atoms with Crippen LogP contribution in [0.5, 0.6) is 0 Å². The van der Waals surface area contributed by atoms with Gasteiger partial charge in [-0.15, -0.1) is 24.0 Å². The fourth-order valence-corrected chi connectivity index (χ4v) is 3.26. The van der Waals surface area contributed by atoms with Gasteiger partial charge >= 0.3 is 0 Å². The molecule has 2 heterocycles. The molecule has 1 unspecified atom stereocenters. The summed E-state index contributed by atoms with van der Waals surface area (Å²) in [6.45, 7) is 2.80. The lowest BCUT2D eigenvalue weighted by Gasteiger charge is -2.21. The van der Waals surface area contributed by atoms with Crippen molar-refractivity contribution in [3.8, 4) is 0 Å². The highest BCUT2D eigenvalue weighted by atomic mass is 127. The second-order valence-electron chi connectivity index (χ2n) is 5.91. The minimum absolute atomic E-state index is 0. The first-order valence-corrected chi connectivity index (χ1v) is 8.63. The molecule has 0 aliphatic carbocycles. The van der Waals surface area contributed by atoms with E-state index in [1.54, 1.807) is 0 Å². The lowest BCUT2D eigenvalue weighted by Crippen LogP contribution is -2.39. The van der Waals surface area contributed by atoms with Gasteiger partial charge in [-0.25, -0.2) is 0 Å². The van der Waals surface area contributed by atoms with Gasteiger partial charge in [-0.3, -0.25) is 9.67 Å². The van der Waals surface area contributed by atoms with Crippen molar-refractivity contribution in [2.75, 3.05) is 20.1 Å². The first-order valence-electron chi connectivity index (χ1n) is 7.84. The first kappa shape index (κ1) is 19.2. The van der Waals surface area contributed by atoms with E-state index in [1.165, 1.54) is 11.1 Å². The van der Waals surface area contributed by atoms with E-state index in [1.807, 2.05) is 25.0 Å². The van der Waals surface area contributed by atoms with Crippen molar-refractivity contribution in [3.63, 3.8) is 0 Å². The molecule has 0 radical (unpaired) electrons. The van der Waals surface area contributed by atoms with Crippen LogP contribution < -0.4 is 5.32 Å². The molecule has 0 spiro atoms. The number of halogens is 2. The third kappa shape index (κ3) is 4.72. The van der Waals surface area contributed by atoms with E-state index >= 15 is 0 Å². The maximum Gasteiger partial charge on any atom is 0.193 e. The van der Waals surface area contributed by atoms with Crippen LogP contribution >= 0.6 is 39.9 Å². The van der Waals surface area contributed by atoms with E-state index in [4.69, 9.17) is 0 Å². The van der Waals surface area contributed by atoms with Crippen LogP contribution in [0.2, 0.25) is 0 Å². The van der Waals surface area contributed by atoms with Crippen molar-refractivity contribution in [1.82, 2.24) is 20.0 Å². The van der Waals surface area contributed by atoms with Crippen LogP contribution in [0, 0.1) is 0 Å². The molecule has 7 heteroatoms. The summed E-state index contributed by atoms with van der Waals surface area (Å²) >= 11 is 3.46. The monoisotopic (exact) mass is 503 g/mol. The van der Waals surface area contributed by atoms with E-state index in [0.29, 0.717) is 5.92 Å². The Hall–Kier alpha value is -1.09. The Labute approximate surface area is 168 Å². The SMILES string of the molecule is CN=C(NCc1ccc(Br)cc1)N1CCC(c2cnn(C)c2)C1.I. The number of benzene rings is 1. The van der Waals surface area contributed by atoms with Crippen molar-refractivity contribution in [1.29, 1.82) is 0 Å². The molecule has 130 valence electrons. The van der Waals surface area contributed by atoms with Crippen LogP contribution in [0.4, 0.5) is 0 Å². The Morgan fingerprint density at radius 2 is 2.12 bits per heavy atom. The quantitative estimate of drug-likeness (QED) is 0.397. The number of aromatic nitrogens is 2. The molecular weight excluding hydrogens is 481 g/mol. The minimum atomic E-state index is 0. The van der Waals surface area contributed by atoms with Crippen LogP contribution in [0.25, 0.3) is 0 Å². The Morgan fingerprint density at radius 1 is 1.38 bits per heavy atom. The van der Waals surface area contributed by atoms with E-state index in [9.17, 15) is 0 Å². The second kappa shape index (κ2) is 8.84. The maximum absolute atomic E-state index is 4.44. The van der Waals surface area contributed by atoms with E-state index in [2.05, 4.69) is 66.7 Å². The van der Waals surface area contributed by atoms with Crippen LogP contribution in [0.1, 0.15) is 23.5 Å². The Kier molecular flexibility index (Phi) is 7.09. The molecule has 5 nitrogen and oxygen atoms in total. The molecule has 1 N–H and O–H groups in total. The summed E-state index contributed by atoms with van der Waals surface area (Å²) in [6.07, 6.45) is 5.24. The van der Waals surface area contributed by atoms with Crippen molar-refractivity contribution in [2.45, 2.75) is 18.9 Å². The second-order valence-corrected chi connectivity index (χ2v) is 6.82. The topological polar surface area (TPSA) is 45.5 Å². The summed E-state index contributed by atoms with van der Waals surface area (Å²) in [5.41, 5.74) is 2.57. The predicted molar refractivity (Wildman–Crippen MR) is 112 cm³/mol. The molecule has 0 amide bonds. The summed E-state index contributed by atoms with van der Waals surface area (Å²) < 4.78 is 2.97. The van der Waals surface area contributed by atoms with Crippen LogP contribution in [-0.2, 0) is 13.6 Å². The standard InChI is InChI=1S/C17H22BrN5.HI/c1-19-17(20-9-13-3-5-16(18)6-4-13)23-8-7-14(12-23)15-10-21-22(2)11-15;/h3-6,10-11,14H,7-9,12H2,1-2H3,(H,19,20);1H. The number of guanidine groups is 1. The Bertz CT molecular complexity index is 683. The first-order chi connectivity index (χ1) is 11.2. The Morgan fingerprint density at radius 3 is 2.75 bits per heavy atom. The highest BCUT2D eigenvalue weighted by molar-refractivity contribution is 14.0. The van der Waals surface area contributed by atoms with Gasteiger partial charge in [-0.1, -0.05) is 28.1 Å². The summed E-state index contributed by atoms with van der Waals surface area (Å²) in [7, 11) is 3.82. The number of aliphatic imine (C=N–C) groups is 1. The molecule has 24 heavy (non-hydrogen) atoms. The van der Waals surface area contributed by atoms with Gasteiger partial charge < -0.3 is 10.2 Å². The molecule has 3 rings (SSSR count). The van der Waals surface area contributed by atoms with Crippen LogP contribution in [-0.4, -0.2) is 40.8 Å². The van der Waals surface area contributed by atoms with E-state index in [-0.39, 0.29) is 24.0 Å². The molecule has 2 aromatic rings. The number of nitrogens with one attached hydrogen (secondary N) is 1. The number of nitrogens with zero attached hydrogens (tertiary/aromatic N) is 4. The number of likely N-dealkylation sites (tertiary alicyclic amines) is 1. The number of hydrogen-bond acceptors (Lipinski definition) is 2. The van der Waals surface area contributed by atoms with Gasteiger partial charge in [0.25, 0.3) is 0 Å². The number of aryl methyl sites for hydroxylation is 1. The predicted octanol–water partition coefficient (Wildman–Crippen LogP) is 3.37. The fraction of sp³-hybridized carbons (Fsp3) is 0.412. The molecule has 1 aromatic heterocycles. The van der Waals surface area contributed by atoms with E-state index < -0.39 is 0 Å². The van der Waals surface area contributed by atoms with Crippen molar-refractivity contribution >= 4 is 45.9 Å². The molecule has 1 atom stereocenters. The van der Waals surface area contributed by atoms with Gasteiger partial charge in [0.15, 0.2) is 5.96 Å². The summed E-state index contributed by atoms with van der Waals surface area (Å²) in [5.74, 6) is 1.51. The fourth-order valence-electron chi connectivity index (χ4n) is 2.99. The maximum atomic E-state index is 4.44. The molecule has 1 fully saturated rings. The highest BCUT2D eigenvalue weighted by Crippen LogP contribution is 2.26. The highest BCUT2D eigenvalue weighted by Gasteiger charge is 2.26. The Balaban J connectivity index is 0.00000208.